The van der Waals surface area contributed by atoms with E-state index in [1.165, 1.54) is 12.3 Å². The van der Waals surface area contributed by atoms with E-state index in [0.717, 1.165) is 16.7 Å². The maximum Gasteiger partial charge on any atom is 0.143 e. The van der Waals surface area contributed by atoms with Crippen molar-refractivity contribution in [1.29, 1.82) is 0 Å². The number of furan rings is 1. The Morgan fingerprint density at radius 3 is 2.89 bits per heavy atom. The molecule has 90 valence electrons. The average molecular weight is 242 g/mol. The van der Waals surface area contributed by atoms with Crippen LogP contribution in [0.2, 0.25) is 0 Å². The summed E-state index contributed by atoms with van der Waals surface area (Å²) in [5.74, 6) is 0.449. The molecule has 4 heteroatoms. The van der Waals surface area contributed by atoms with Gasteiger partial charge in [-0.1, -0.05) is 18.2 Å². The van der Waals surface area contributed by atoms with Gasteiger partial charge in [0.1, 0.15) is 17.2 Å². The molecule has 0 amide bonds. The number of anilines is 1. The summed E-state index contributed by atoms with van der Waals surface area (Å²) in [7, 11) is 0. The summed E-state index contributed by atoms with van der Waals surface area (Å²) in [5, 5.41) is 4.13. The van der Waals surface area contributed by atoms with Crippen LogP contribution in [0.15, 0.2) is 53.2 Å². The van der Waals surface area contributed by atoms with Crippen LogP contribution in [0.25, 0.3) is 11.0 Å². The van der Waals surface area contributed by atoms with Gasteiger partial charge in [0.15, 0.2) is 0 Å². The summed E-state index contributed by atoms with van der Waals surface area (Å²) in [4.78, 5) is 3.77. The van der Waals surface area contributed by atoms with Gasteiger partial charge in [-0.15, -0.1) is 0 Å². The smallest absolute Gasteiger partial charge is 0.143 e. The van der Waals surface area contributed by atoms with Crippen LogP contribution in [-0.2, 0) is 6.54 Å². The molecular weight excluding hydrogens is 231 g/mol. The maximum atomic E-state index is 12.9. The van der Waals surface area contributed by atoms with Gasteiger partial charge in [0.05, 0.1) is 24.6 Å². The predicted molar refractivity (Wildman–Crippen MR) is 67.7 cm³/mol. The topological polar surface area (TPSA) is 38.1 Å². The molecule has 0 aliphatic heterocycles. The third-order valence-electron chi connectivity index (χ3n) is 2.65. The van der Waals surface area contributed by atoms with E-state index < -0.39 is 0 Å². The molecule has 0 spiro atoms. The number of pyridine rings is 1. The van der Waals surface area contributed by atoms with Crippen molar-refractivity contribution >= 4 is 16.7 Å². The summed E-state index contributed by atoms with van der Waals surface area (Å²) in [6.07, 6.45) is 2.75. The first-order chi connectivity index (χ1) is 8.81. The Morgan fingerprint density at radius 2 is 2.06 bits per heavy atom. The number of halogens is 1. The summed E-state index contributed by atoms with van der Waals surface area (Å²) in [6, 6.07) is 11.2. The molecule has 3 aromatic rings. The molecule has 1 N–H and O–H groups in total. The van der Waals surface area contributed by atoms with Crippen LogP contribution < -0.4 is 5.32 Å². The SMILES string of the molecule is Fc1cncc(NCc2cc3ccccc3o2)c1. The minimum absolute atomic E-state index is 0.357. The molecule has 3 nitrogen and oxygen atoms in total. The average Bonchev–Trinajstić information content (AvgIpc) is 2.79. The van der Waals surface area contributed by atoms with Gasteiger partial charge in [0.2, 0.25) is 0 Å². The van der Waals surface area contributed by atoms with E-state index in [0.29, 0.717) is 12.2 Å². The Balaban J connectivity index is 1.76. The van der Waals surface area contributed by atoms with Gasteiger partial charge < -0.3 is 9.73 Å². The molecule has 0 unspecified atom stereocenters. The molecule has 0 radical (unpaired) electrons. The van der Waals surface area contributed by atoms with Gasteiger partial charge in [-0.3, -0.25) is 4.98 Å². The number of fused-ring (bicyclic) bond motifs is 1. The number of aromatic nitrogens is 1. The molecule has 0 fully saturated rings. The van der Waals surface area contributed by atoms with Crippen LogP contribution >= 0.6 is 0 Å². The number of benzene rings is 1. The quantitative estimate of drug-likeness (QED) is 0.762. The zero-order valence-electron chi connectivity index (χ0n) is 9.56. The lowest BCUT2D eigenvalue weighted by molar-refractivity contribution is 0.559. The predicted octanol–water partition coefficient (Wildman–Crippen LogP) is 3.58. The number of rotatable bonds is 3. The monoisotopic (exact) mass is 242 g/mol. The second kappa shape index (κ2) is 4.49. The first-order valence-electron chi connectivity index (χ1n) is 5.63. The zero-order valence-corrected chi connectivity index (χ0v) is 9.56. The summed E-state index contributed by atoms with van der Waals surface area (Å²) >= 11 is 0. The van der Waals surface area contributed by atoms with Crippen LogP contribution in [0, 0.1) is 5.82 Å². The molecule has 0 atom stereocenters. The Labute approximate surface area is 103 Å². The first-order valence-corrected chi connectivity index (χ1v) is 5.63. The fourth-order valence-corrected chi connectivity index (χ4v) is 1.82. The third kappa shape index (κ3) is 2.18. The number of hydrogen-bond acceptors (Lipinski definition) is 3. The van der Waals surface area contributed by atoms with Crippen molar-refractivity contribution in [2.24, 2.45) is 0 Å². The number of para-hydroxylation sites is 1. The molecule has 3 rings (SSSR count). The van der Waals surface area contributed by atoms with Crippen molar-refractivity contribution in [3.63, 3.8) is 0 Å². The van der Waals surface area contributed by atoms with Gasteiger partial charge in [-0.2, -0.15) is 0 Å². The van der Waals surface area contributed by atoms with Gasteiger partial charge >= 0.3 is 0 Å². The molecule has 2 heterocycles. The van der Waals surface area contributed by atoms with Crippen molar-refractivity contribution in [2.45, 2.75) is 6.54 Å². The molecule has 0 bridgehead atoms. The number of nitrogens with one attached hydrogen (secondary N) is 1. The van der Waals surface area contributed by atoms with Crippen LogP contribution in [-0.4, -0.2) is 4.98 Å². The van der Waals surface area contributed by atoms with E-state index in [4.69, 9.17) is 4.42 Å². The lowest BCUT2D eigenvalue weighted by Gasteiger charge is -2.02. The van der Waals surface area contributed by atoms with Gasteiger partial charge in [-0.25, -0.2) is 4.39 Å². The van der Waals surface area contributed by atoms with Crippen molar-refractivity contribution in [3.8, 4) is 0 Å². The fraction of sp³-hybridized carbons (Fsp3) is 0.0714. The highest BCUT2D eigenvalue weighted by molar-refractivity contribution is 5.77. The van der Waals surface area contributed by atoms with Gasteiger partial charge in [-0.05, 0) is 12.1 Å². The fourth-order valence-electron chi connectivity index (χ4n) is 1.82. The third-order valence-corrected chi connectivity index (χ3v) is 2.65. The maximum absolute atomic E-state index is 12.9. The summed E-state index contributed by atoms with van der Waals surface area (Å²) < 4.78 is 18.6. The molecule has 0 aliphatic carbocycles. The molecule has 1 aromatic carbocycles. The summed E-state index contributed by atoms with van der Waals surface area (Å²) in [6.45, 7) is 0.500. The van der Waals surface area contributed by atoms with Crippen molar-refractivity contribution < 1.29 is 8.81 Å². The minimum atomic E-state index is -0.357. The normalized spacial score (nSPS) is 10.7. The van der Waals surface area contributed by atoms with Crippen molar-refractivity contribution in [1.82, 2.24) is 4.98 Å². The Kier molecular flexibility index (Phi) is 2.68. The van der Waals surface area contributed by atoms with E-state index in [9.17, 15) is 4.39 Å². The van der Waals surface area contributed by atoms with Crippen molar-refractivity contribution in [2.75, 3.05) is 5.32 Å². The summed E-state index contributed by atoms with van der Waals surface area (Å²) in [5.41, 5.74) is 1.49. The van der Waals surface area contributed by atoms with E-state index >= 15 is 0 Å². The van der Waals surface area contributed by atoms with Gasteiger partial charge in [0.25, 0.3) is 0 Å². The molecular formula is C14H11FN2O. The highest BCUT2D eigenvalue weighted by Gasteiger charge is 2.03. The highest BCUT2D eigenvalue weighted by atomic mass is 19.1. The first kappa shape index (κ1) is 10.8. The Bertz CT molecular complexity index is 645. The molecule has 0 saturated heterocycles. The molecule has 0 saturated carbocycles. The lowest BCUT2D eigenvalue weighted by atomic mass is 10.2. The van der Waals surface area contributed by atoms with Crippen LogP contribution in [0.4, 0.5) is 10.1 Å². The minimum Gasteiger partial charge on any atom is -0.459 e. The highest BCUT2D eigenvalue weighted by Crippen LogP contribution is 2.19. The van der Waals surface area contributed by atoms with E-state index in [-0.39, 0.29) is 5.82 Å². The Hall–Kier alpha value is -2.36. The van der Waals surface area contributed by atoms with E-state index in [1.807, 2.05) is 30.3 Å². The molecule has 18 heavy (non-hydrogen) atoms. The van der Waals surface area contributed by atoms with Gasteiger partial charge in [0, 0.05) is 11.5 Å². The van der Waals surface area contributed by atoms with Crippen molar-refractivity contribution in [3.05, 3.63) is 60.4 Å². The Morgan fingerprint density at radius 1 is 1.17 bits per heavy atom. The second-order valence-electron chi connectivity index (χ2n) is 4.00. The number of hydrogen-bond donors (Lipinski definition) is 1. The van der Waals surface area contributed by atoms with E-state index in [1.54, 1.807) is 6.20 Å². The standard InChI is InChI=1S/C14H11FN2O/c15-11-6-12(8-16-7-11)17-9-13-5-10-3-1-2-4-14(10)18-13/h1-8,17H,9H2. The second-order valence-corrected chi connectivity index (χ2v) is 4.00. The van der Waals surface area contributed by atoms with E-state index in [2.05, 4.69) is 10.3 Å². The molecule has 2 aromatic heterocycles. The number of nitrogens with zero attached hydrogens (tertiary/aromatic N) is 1. The molecule has 0 aliphatic rings. The van der Waals surface area contributed by atoms with Crippen LogP contribution in [0.3, 0.4) is 0 Å². The zero-order chi connectivity index (χ0) is 12.4. The lowest BCUT2D eigenvalue weighted by Crippen LogP contribution is -1.98. The largest absolute Gasteiger partial charge is 0.459 e. The van der Waals surface area contributed by atoms with Crippen LogP contribution in [0.5, 0.6) is 0 Å². The van der Waals surface area contributed by atoms with Crippen LogP contribution in [0.1, 0.15) is 5.76 Å².